The Kier molecular flexibility index (Phi) is 4.90. The number of sulfonamides is 1. The van der Waals surface area contributed by atoms with Gasteiger partial charge >= 0.3 is 0 Å². The lowest BCUT2D eigenvalue weighted by Crippen LogP contribution is -2.45. The highest BCUT2D eigenvalue weighted by Gasteiger charge is 2.28. The van der Waals surface area contributed by atoms with Gasteiger partial charge in [0.2, 0.25) is 15.9 Å². The number of nitrogens with two attached hydrogens (primary N) is 1. The predicted molar refractivity (Wildman–Crippen MR) is 78.7 cm³/mol. The maximum Gasteiger partial charge on any atom is 0.242 e. The van der Waals surface area contributed by atoms with Crippen LogP contribution in [0.5, 0.6) is 0 Å². The van der Waals surface area contributed by atoms with Crippen LogP contribution >= 0.6 is 0 Å². The average molecular weight is 299 g/mol. The quantitative estimate of drug-likeness (QED) is 0.769. The summed E-state index contributed by atoms with van der Waals surface area (Å²) in [5.41, 5.74) is 5.66. The van der Waals surface area contributed by atoms with Crippen LogP contribution in [0.4, 0.5) is 5.69 Å². The third kappa shape index (κ3) is 3.78. The number of carbonyl (C=O) groups is 1. The third-order valence-corrected chi connectivity index (χ3v) is 4.39. The number of carbonyl (C=O) groups excluding carboxylic acids is 1. The second-order valence-electron chi connectivity index (χ2n) is 5.54. The first kappa shape index (κ1) is 16.6. The monoisotopic (exact) mass is 299 g/mol. The van der Waals surface area contributed by atoms with Crippen LogP contribution in [-0.4, -0.2) is 27.4 Å². The van der Waals surface area contributed by atoms with E-state index < -0.39 is 27.4 Å². The molecular weight excluding hydrogens is 278 g/mol. The second kappa shape index (κ2) is 5.90. The molecule has 0 spiro atoms. The highest BCUT2D eigenvalue weighted by molar-refractivity contribution is 7.89. The fraction of sp³-hybridized carbons (Fsp3) is 0.462. The molecule has 1 amide bonds. The van der Waals surface area contributed by atoms with Crippen LogP contribution in [0.15, 0.2) is 29.2 Å². The first-order valence-electron chi connectivity index (χ1n) is 6.18. The molecule has 20 heavy (non-hydrogen) atoms. The zero-order valence-corrected chi connectivity index (χ0v) is 12.9. The van der Waals surface area contributed by atoms with Crippen molar-refractivity contribution in [3.8, 4) is 0 Å². The number of para-hydroxylation sites is 1. The zero-order valence-electron chi connectivity index (χ0n) is 12.1. The van der Waals surface area contributed by atoms with Gasteiger partial charge in [0.15, 0.2) is 0 Å². The van der Waals surface area contributed by atoms with Gasteiger partial charge in [-0.1, -0.05) is 32.9 Å². The van der Waals surface area contributed by atoms with E-state index in [1.807, 2.05) is 20.8 Å². The number of hydrogen-bond donors (Lipinski definition) is 3. The van der Waals surface area contributed by atoms with Crippen molar-refractivity contribution >= 4 is 21.6 Å². The highest BCUT2D eigenvalue weighted by Crippen LogP contribution is 2.23. The van der Waals surface area contributed by atoms with Gasteiger partial charge in [-0.15, -0.1) is 0 Å². The summed E-state index contributed by atoms with van der Waals surface area (Å²) >= 11 is 0. The van der Waals surface area contributed by atoms with Gasteiger partial charge in [-0.3, -0.25) is 4.79 Å². The van der Waals surface area contributed by atoms with E-state index >= 15 is 0 Å². The molecule has 0 aliphatic heterocycles. The average Bonchev–Trinajstić information content (AvgIpc) is 2.37. The minimum Gasteiger partial charge on any atom is -0.323 e. The number of anilines is 1. The lowest BCUT2D eigenvalue weighted by Gasteiger charge is -2.26. The highest BCUT2D eigenvalue weighted by atomic mass is 32.2. The summed E-state index contributed by atoms with van der Waals surface area (Å²) in [4.78, 5) is 12.1. The maximum atomic E-state index is 12.1. The van der Waals surface area contributed by atoms with E-state index in [0.29, 0.717) is 0 Å². The summed E-state index contributed by atoms with van der Waals surface area (Å²) in [7, 11) is -2.33. The van der Waals surface area contributed by atoms with E-state index in [2.05, 4.69) is 10.0 Å². The first-order valence-corrected chi connectivity index (χ1v) is 7.67. The Hall–Kier alpha value is -1.44. The van der Waals surface area contributed by atoms with Crippen molar-refractivity contribution in [1.82, 2.24) is 4.72 Å². The Bertz CT molecular complexity index is 591. The molecule has 0 bridgehead atoms. The molecule has 1 aromatic carbocycles. The van der Waals surface area contributed by atoms with E-state index in [9.17, 15) is 13.2 Å². The Morgan fingerprint density at radius 3 is 2.30 bits per heavy atom. The molecule has 1 atom stereocenters. The van der Waals surface area contributed by atoms with Crippen molar-refractivity contribution in [2.75, 3.05) is 12.4 Å². The lowest BCUT2D eigenvalue weighted by molar-refractivity contribution is -0.119. The number of nitrogens with one attached hydrogen (secondary N) is 2. The largest absolute Gasteiger partial charge is 0.323 e. The van der Waals surface area contributed by atoms with Gasteiger partial charge in [0.25, 0.3) is 0 Å². The molecule has 0 radical (unpaired) electrons. The number of amides is 1. The summed E-state index contributed by atoms with van der Waals surface area (Å²) in [6, 6.07) is 5.44. The van der Waals surface area contributed by atoms with E-state index in [1.54, 1.807) is 12.1 Å². The van der Waals surface area contributed by atoms with Crippen LogP contribution < -0.4 is 15.8 Å². The molecule has 0 aliphatic rings. The zero-order chi connectivity index (χ0) is 15.6. The molecule has 0 unspecified atom stereocenters. The van der Waals surface area contributed by atoms with E-state index in [4.69, 9.17) is 5.73 Å². The molecule has 0 fully saturated rings. The van der Waals surface area contributed by atoms with Crippen molar-refractivity contribution in [3.05, 3.63) is 24.3 Å². The molecule has 1 rings (SSSR count). The van der Waals surface area contributed by atoms with E-state index in [1.165, 1.54) is 19.2 Å². The Labute approximate surface area is 119 Å². The summed E-state index contributed by atoms with van der Waals surface area (Å²) in [6.45, 7) is 5.52. The molecular formula is C13H21N3O3S. The van der Waals surface area contributed by atoms with Gasteiger partial charge < -0.3 is 11.1 Å². The van der Waals surface area contributed by atoms with Gasteiger partial charge in [0.05, 0.1) is 11.7 Å². The minimum atomic E-state index is -3.64. The Balaban J connectivity index is 3.09. The van der Waals surface area contributed by atoms with Crippen LogP contribution in [-0.2, 0) is 14.8 Å². The third-order valence-electron chi connectivity index (χ3n) is 2.92. The van der Waals surface area contributed by atoms with Gasteiger partial charge in [0, 0.05) is 0 Å². The molecule has 0 heterocycles. The van der Waals surface area contributed by atoms with Crippen LogP contribution in [0.2, 0.25) is 0 Å². The van der Waals surface area contributed by atoms with Crippen LogP contribution in [0.25, 0.3) is 0 Å². The second-order valence-corrected chi connectivity index (χ2v) is 7.39. The maximum absolute atomic E-state index is 12.1. The van der Waals surface area contributed by atoms with Gasteiger partial charge in [-0.25, -0.2) is 13.1 Å². The van der Waals surface area contributed by atoms with Crippen molar-refractivity contribution in [3.63, 3.8) is 0 Å². The standard InChI is InChI=1S/C13H21N3O3S/c1-13(2,3)11(14)12(17)16-9-7-5-6-8-10(9)20(18,19)15-4/h5-8,11,15H,14H2,1-4H3,(H,16,17)/t11-/m1/s1. The molecule has 4 N–H and O–H groups in total. The summed E-state index contributed by atoms with van der Waals surface area (Å²) in [5.74, 6) is -0.420. The smallest absolute Gasteiger partial charge is 0.242 e. The SMILES string of the molecule is CNS(=O)(=O)c1ccccc1NC(=O)[C@@H](N)C(C)(C)C. The molecule has 0 saturated heterocycles. The summed E-state index contributed by atoms with van der Waals surface area (Å²) < 4.78 is 26.0. The fourth-order valence-electron chi connectivity index (χ4n) is 1.52. The molecule has 112 valence electrons. The van der Waals surface area contributed by atoms with Crippen LogP contribution in [0.3, 0.4) is 0 Å². The minimum absolute atomic E-state index is 0.0111. The topological polar surface area (TPSA) is 101 Å². The first-order chi connectivity index (χ1) is 9.09. The van der Waals surface area contributed by atoms with Crippen molar-refractivity contribution in [1.29, 1.82) is 0 Å². The number of benzene rings is 1. The van der Waals surface area contributed by atoms with Crippen LogP contribution in [0, 0.1) is 5.41 Å². The van der Waals surface area contributed by atoms with Gasteiger partial charge in [-0.2, -0.15) is 0 Å². The molecule has 7 heteroatoms. The normalized spacial score (nSPS) is 13.8. The van der Waals surface area contributed by atoms with Gasteiger partial charge in [0.1, 0.15) is 4.90 Å². The summed E-state index contributed by atoms with van der Waals surface area (Å²) in [5, 5.41) is 2.57. The fourth-order valence-corrected chi connectivity index (χ4v) is 2.40. The van der Waals surface area contributed by atoms with E-state index in [-0.39, 0.29) is 10.6 Å². The van der Waals surface area contributed by atoms with Crippen LogP contribution in [0.1, 0.15) is 20.8 Å². The molecule has 0 aliphatic carbocycles. The molecule has 6 nitrogen and oxygen atoms in total. The Morgan fingerprint density at radius 2 is 1.80 bits per heavy atom. The molecule has 0 saturated carbocycles. The van der Waals surface area contributed by atoms with Crippen molar-refractivity contribution in [2.24, 2.45) is 11.1 Å². The number of hydrogen-bond acceptors (Lipinski definition) is 4. The summed E-state index contributed by atoms with van der Waals surface area (Å²) in [6.07, 6.45) is 0. The number of rotatable bonds is 4. The van der Waals surface area contributed by atoms with Crippen molar-refractivity contribution < 1.29 is 13.2 Å². The Morgan fingerprint density at radius 1 is 1.25 bits per heavy atom. The van der Waals surface area contributed by atoms with E-state index in [0.717, 1.165) is 0 Å². The predicted octanol–water partition coefficient (Wildman–Crippen LogP) is 0.907. The van der Waals surface area contributed by atoms with Gasteiger partial charge in [-0.05, 0) is 24.6 Å². The van der Waals surface area contributed by atoms with Crippen molar-refractivity contribution in [2.45, 2.75) is 31.7 Å². The molecule has 0 aromatic heterocycles. The molecule has 1 aromatic rings. The lowest BCUT2D eigenvalue weighted by atomic mass is 9.87.